The van der Waals surface area contributed by atoms with Gasteiger partial charge in [-0.3, -0.25) is 4.68 Å². The van der Waals surface area contributed by atoms with E-state index < -0.39 is 6.43 Å². The van der Waals surface area contributed by atoms with E-state index in [1.54, 1.807) is 12.4 Å². The van der Waals surface area contributed by atoms with Crippen molar-refractivity contribution in [1.82, 2.24) is 9.78 Å². The van der Waals surface area contributed by atoms with Crippen molar-refractivity contribution in [2.24, 2.45) is 0 Å². The molecule has 1 rings (SSSR count). The zero-order valence-electron chi connectivity index (χ0n) is 9.08. The minimum Gasteiger partial charge on any atom is -0.380 e. The highest BCUT2D eigenvalue weighted by Gasteiger charge is 2.07. The Labute approximate surface area is 88.5 Å². The van der Waals surface area contributed by atoms with Crippen molar-refractivity contribution >= 4 is 5.69 Å². The zero-order valence-corrected chi connectivity index (χ0v) is 9.08. The fourth-order valence-corrected chi connectivity index (χ4v) is 1.41. The highest BCUT2D eigenvalue weighted by atomic mass is 19.3. The number of nitrogens with zero attached hydrogens (tertiary/aromatic N) is 2. The van der Waals surface area contributed by atoms with Crippen molar-refractivity contribution in [1.29, 1.82) is 0 Å². The number of halogens is 2. The van der Waals surface area contributed by atoms with Gasteiger partial charge in [-0.05, 0) is 12.8 Å². The molecule has 0 saturated carbocycles. The van der Waals surface area contributed by atoms with E-state index >= 15 is 0 Å². The average Bonchev–Trinajstić information content (AvgIpc) is 2.61. The molecule has 0 radical (unpaired) electrons. The molecule has 0 unspecified atom stereocenters. The van der Waals surface area contributed by atoms with E-state index in [-0.39, 0.29) is 6.54 Å². The Balaban J connectivity index is 2.52. The monoisotopic (exact) mass is 217 g/mol. The first-order chi connectivity index (χ1) is 7.15. The lowest BCUT2D eigenvalue weighted by Gasteiger charge is -2.13. The molecule has 5 heteroatoms. The third-order valence-corrected chi connectivity index (χ3v) is 2.31. The van der Waals surface area contributed by atoms with Crippen LogP contribution in [0.4, 0.5) is 14.5 Å². The second-order valence-electron chi connectivity index (χ2n) is 3.50. The second kappa shape index (κ2) is 5.68. The number of hydrogen-bond donors (Lipinski definition) is 1. The number of alkyl halides is 2. The van der Waals surface area contributed by atoms with E-state index in [9.17, 15) is 8.78 Å². The molecule has 86 valence electrons. The van der Waals surface area contributed by atoms with Gasteiger partial charge in [-0.2, -0.15) is 5.10 Å². The van der Waals surface area contributed by atoms with Gasteiger partial charge in [-0.15, -0.1) is 0 Å². The molecule has 0 bridgehead atoms. The van der Waals surface area contributed by atoms with Crippen molar-refractivity contribution in [3.05, 3.63) is 12.4 Å². The molecule has 0 fully saturated rings. The quantitative estimate of drug-likeness (QED) is 0.794. The van der Waals surface area contributed by atoms with Crippen LogP contribution in [0.2, 0.25) is 0 Å². The molecule has 15 heavy (non-hydrogen) atoms. The van der Waals surface area contributed by atoms with E-state index in [0.717, 1.165) is 18.5 Å². The molecule has 1 heterocycles. The Kier molecular flexibility index (Phi) is 4.52. The van der Waals surface area contributed by atoms with E-state index in [1.165, 1.54) is 4.68 Å². The molecule has 0 atom stereocenters. The first kappa shape index (κ1) is 11.9. The molecule has 0 spiro atoms. The molecule has 1 aromatic rings. The molecule has 0 saturated heterocycles. The van der Waals surface area contributed by atoms with E-state index in [2.05, 4.69) is 24.3 Å². The van der Waals surface area contributed by atoms with Gasteiger partial charge in [0.05, 0.1) is 11.9 Å². The molecular formula is C10H17F2N3. The summed E-state index contributed by atoms with van der Waals surface area (Å²) in [6, 6.07) is 0.384. The van der Waals surface area contributed by atoms with Crippen molar-refractivity contribution in [2.45, 2.75) is 45.7 Å². The lowest BCUT2D eigenvalue weighted by Crippen LogP contribution is -2.16. The molecule has 0 aliphatic carbocycles. The molecule has 1 aromatic heterocycles. The summed E-state index contributed by atoms with van der Waals surface area (Å²) < 4.78 is 25.3. The minimum absolute atomic E-state index is 0.343. The van der Waals surface area contributed by atoms with Gasteiger partial charge in [-0.25, -0.2) is 8.78 Å². The summed E-state index contributed by atoms with van der Waals surface area (Å²) in [5, 5.41) is 7.10. The van der Waals surface area contributed by atoms with Crippen LogP contribution >= 0.6 is 0 Å². The van der Waals surface area contributed by atoms with Gasteiger partial charge in [0.2, 0.25) is 0 Å². The first-order valence-electron chi connectivity index (χ1n) is 5.22. The van der Waals surface area contributed by atoms with Crippen molar-refractivity contribution < 1.29 is 8.78 Å². The van der Waals surface area contributed by atoms with Crippen molar-refractivity contribution in [3.63, 3.8) is 0 Å². The number of rotatable bonds is 6. The standard InChI is InChI=1S/C10H17F2N3/c1-3-8(4-2)14-9-5-13-15(6-9)7-10(11)12/h5-6,8,10,14H,3-4,7H2,1-2H3. The number of aromatic nitrogens is 2. The van der Waals surface area contributed by atoms with Gasteiger partial charge in [0, 0.05) is 12.2 Å². The highest BCUT2D eigenvalue weighted by molar-refractivity contribution is 5.39. The van der Waals surface area contributed by atoms with Gasteiger partial charge in [0.25, 0.3) is 6.43 Å². The van der Waals surface area contributed by atoms with Crippen LogP contribution in [0, 0.1) is 0 Å². The van der Waals surface area contributed by atoms with Gasteiger partial charge in [0.1, 0.15) is 6.54 Å². The van der Waals surface area contributed by atoms with Crippen LogP contribution < -0.4 is 5.32 Å². The maximum absolute atomic E-state index is 12.0. The Morgan fingerprint density at radius 3 is 2.60 bits per heavy atom. The molecule has 0 aromatic carbocycles. The predicted molar refractivity (Wildman–Crippen MR) is 56.2 cm³/mol. The molecule has 0 amide bonds. The summed E-state index contributed by atoms with van der Waals surface area (Å²) in [5.41, 5.74) is 0.810. The van der Waals surface area contributed by atoms with Crippen LogP contribution in [0.25, 0.3) is 0 Å². The third kappa shape index (κ3) is 3.85. The average molecular weight is 217 g/mol. The summed E-state index contributed by atoms with van der Waals surface area (Å²) in [6.45, 7) is 3.83. The van der Waals surface area contributed by atoms with Crippen molar-refractivity contribution in [2.75, 3.05) is 5.32 Å². The highest BCUT2D eigenvalue weighted by Crippen LogP contribution is 2.11. The fraction of sp³-hybridized carbons (Fsp3) is 0.700. The summed E-state index contributed by atoms with van der Waals surface area (Å²) in [4.78, 5) is 0. The molecular weight excluding hydrogens is 200 g/mol. The van der Waals surface area contributed by atoms with Crippen LogP contribution in [0.3, 0.4) is 0 Å². The second-order valence-corrected chi connectivity index (χ2v) is 3.50. The minimum atomic E-state index is -2.36. The van der Waals surface area contributed by atoms with Gasteiger partial charge in [-0.1, -0.05) is 13.8 Å². The van der Waals surface area contributed by atoms with Crippen LogP contribution in [0.1, 0.15) is 26.7 Å². The normalized spacial score (nSPS) is 11.3. The Morgan fingerprint density at radius 1 is 1.40 bits per heavy atom. The van der Waals surface area contributed by atoms with Crippen LogP contribution in [0.5, 0.6) is 0 Å². The summed E-state index contributed by atoms with van der Waals surface area (Å²) in [5.74, 6) is 0. The first-order valence-corrected chi connectivity index (χ1v) is 5.22. The summed E-state index contributed by atoms with van der Waals surface area (Å²) in [7, 11) is 0. The fourth-order valence-electron chi connectivity index (χ4n) is 1.41. The van der Waals surface area contributed by atoms with Crippen molar-refractivity contribution in [3.8, 4) is 0 Å². The topological polar surface area (TPSA) is 29.9 Å². The smallest absolute Gasteiger partial charge is 0.257 e. The Morgan fingerprint density at radius 2 is 2.07 bits per heavy atom. The van der Waals surface area contributed by atoms with Gasteiger partial charge >= 0.3 is 0 Å². The lowest BCUT2D eigenvalue weighted by molar-refractivity contribution is 0.122. The summed E-state index contributed by atoms with van der Waals surface area (Å²) >= 11 is 0. The SMILES string of the molecule is CCC(CC)Nc1cnn(CC(F)F)c1. The van der Waals surface area contributed by atoms with E-state index in [1.807, 2.05) is 0 Å². The maximum atomic E-state index is 12.0. The number of hydrogen-bond acceptors (Lipinski definition) is 2. The predicted octanol–water partition coefficient (Wildman–Crippen LogP) is 2.75. The van der Waals surface area contributed by atoms with Gasteiger partial charge in [0.15, 0.2) is 0 Å². The lowest BCUT2D eigenvalue weighted by atomic mass is 10.2. The zero-order chi connectivity index (χ0) is 11.3. The van der Waals surface area contributed by atoms with Crippen LogP contribution in [0.15, 0.2) is 12.4 Å². The van der Waals surface area contributed by atoms with E-state index in [0.29, 0.717) is 6.04 Å². The molecule has 0 aliphatic heterocycles. The largest absolute Gasteiger partial charge is 0.380 e. The number of anilines is 1. The Hall–Kier alpha value is -1.13. The Bertz CT molecular complexity index is 282. The summed E-state index contributed by atoms with van der Waals surface area (Å²) in [6.07, 6.45) is 2.86. The third-order valence-electron chi connectivity index (χ3n) is 2.31. The van der Waals surface area contributed by atoms with Gasteiger partial charge < -0.3 is 5.32 Å². The molecule has 0 aliphatic rings. The molecule has 1 N–H and O–H groups in total. The van der Waals surface area contributed by atoms with Crippen LogP contribution in [-0.2, 0) is 6.54 Å². The van der Waals surface area contributed by atoms with E-state index in [4.69, 9.17) is 0 Å². The van der Waals surface area contributed by atoms with Crippen LogP contribution in [-0.4, -0.2) is 22.2 Å². The number of nitrogens with one attached hydrogen (secondary N) is 1. The maximum Gasteiger partial charge on any atom is 0.257 e. The molecule has 3 nitrogen and oxygen atoms in total.